The molecule has 0 aliphatic rings. The third kappa shape index (κ3) is 4.23. The lowest BCUT2D eigenvalue weighted by atomic mass is 10.1. The normalized spacial score (nSPS) is 10.4. The Bertz CT molecular complexity index is 629. The van der Waals surface area contributed by atoms with Crippen molar-refractivity contribution in [3.05, 3.63) is 59.7 Å². The Kier molecular flexibility index (Phi) is 5.38. The van der Waals surface area contributed by atoms with Crippen LogP contribution in [-0.4, -0.2) is 34.1 Å². The van der Waals surface area contributed by atoms with Gasteiger partial charge in [-0.25, -0.2) is 0 Å². The molecule has 0 saturated heterocycles. The van der Waals surface area contributed by atoms with Crippen molar-refractivity contribution in [1.29, 1.82) is 0 Å². The first-order chi connectivity index (χ1) is 10.6. The molecule has 0 saturated carbocycles. The maximum atomic E-state index is 12.4. The van der Waals surface area contributed by atoms with Gasteiger partial charge < -0.3 is 20.8 Å². The molecule has 0 fully saturated rings. The Morgan fingerprint density at radius 3 is 2.36 bits per heavy atom. The Labute approximate surface area is 129 Å². The molecule has 0 radical (unpaired) electrons. The minimum Gasteiger partial charge on any atom is -0.504 e. The number of benzene rings is 2. The van der Waals surface area contributed by atoms with E-state index in [1.807, 2.05) is 30.3 Å². The topological polar surface area (TPSA) is 86.8 Å². The van der Waals surface area contributed by atoms with Gasteiger partial charge in [0.15, 0.2) is 11.5 Å². The summed E-state index contributed by atoms with van der Waals surface area (Å²) in [6.07, 6.45) is 0.153. The molecule has 0 aliphatic carbocycles. The van der Waals surface area contributed by atoms with Crippen LogP contribution in [0, 0.1) is 0 Å². The molecule has 22 heavy (non-hydrogen) atoms. The monoisotopic (exact) mass is 300 g/mol. The van der Waals surface area contributed by atoms with Crippen LogP contribution < -0.4 is 5.73 Å². The standard InChI is InChI=1S/C17H20N2O3/c18-8-9-19(12-13-4-2-1-3-5-13)17(22)11-14-6-7-15(20)16(21)10-14/h1-7,10,20-21H,8-9,11-12,18H2. The zero-order valence-corrected chi connectivity index (χ0v) is 12.3. The van der Waals surface area contributed by atoms with Crippen molar-refractivity contribution in [2.24, 2.45) is 5.73 Å². The average Bonchev–Trinajstić information content (AvgIpc) is 2.51. The summed E-state index contributed by atoms with van der Waals surface area (Å²) in [6, 6.07) is 14.1. The highest BCUT2D eigenvalue weighted by Crippen LogP contribution is 2.25. The van der Waals surface area contributed by atoms with Crippen molar-refractivity contribution in [2.75, 3.05) is 13.1 Å². The third-order valence-electron chi connectivity index (χ3n) is 3.36. The van der Waals surface area contributed by atoms with Crippen LogP contribution in [0.3, 0.4) is 0 Å². The van der Waals surface area contributed by atoms with E-state index in [4.69, 9.17) is 5.73 Å². The Morgan fingerprint density at radius 1 is 1.00 bits per heavy atom. The number of phenols is 2. The highest BCUT2D eigenvalue weighted by Gasteiger charge is 2.14. The van der Waals surface area contributed by atoms with E-state index in [1.54, 1.807) is 11.0 Å². The lowest BCUT2D eigenvalue weighted by Crippen LogP contribution is -2.35. The van der Waals surface area contributed by atoms with Crippen LogP contribution in [0.4, 0.5) is 0 Å². The van der Waals surface area contributed by atoms with Gasteiger partial charge in [-0.1, -0.05) is 36.4 Å². The molecule has 0 aliphatic heterocycles. The molecular weight excluding hydrogens is 280 g/mol. The van der Waals surface area contributed by atoms with Crippen LogP contribution in [0.1, 0.15) is 11.1 Å². The van der Waals surface area contributed by atoms with E-state index in [0.717, 1.165) is 5.56 Å². The number of aromatic hydroxyl groups is 2. The van der Waals surface area contributed by atoms with Crippen molar-refractivity contribution in [3.63, 3.8) is 0 Å². The molecule has 116 valence electrons. The fourth-order valence-electron chi connectivity index (χ4n) is 2.22. The van der Waals surface area contributed by atoms with E-state index in [9.17, 15) is 15.0 Å². The van der Waals surface area contributed by atoms with Crippen LogP contribution in [0.25, 0.3) is 0 Å². The molecule has 0 aromatic heterocycles. The maximum absolute atomic E-state index is 12.4. The predicted molar refractivity (Wildman–Crippen MR) is 84.4 cm³/mol. The smallest absolute Gasteiger partial charge is 0.227 e. The Hall–Kier alpha value is -2.53. The number of hydrogen-bond donors (Lipinski definition) is 3. The Balaban J connectivity index is 2.07. The lowest BCUT2D eigenvalue weighted by Gasteiger charge is -2.22. The van der Waals surface area contributed by atoms with Crippen molar-refractivity contribution in [1.82, 2.24) is 4.90 Å². The first-order valence-corrected chi connectivity index (χ1v) is 7.13. The second-order valence-corrected chi connectivity index (χ2v) is 5.09. The number of rotatable bonds is 6. The van der Waals surface area contributed by atoms with E-state index in [-0.39, 0.29) is 23.8 Å². The van der Waals surface area contributed by atoms with Crippen LogP contribution in [-0.2, 0) is 17.8 Å². The quantitative estimate of drug-likeness (QED) is 0.708. The van der Waals surface area contributed by atoms with Gasteiger partial charge in [0.05, 0.1) is 6.42 Å². The summed E-state index contributed by atoms with van der Waals surface area (Å²) >= 11 is 0. The number of nitrogens with zero attached hydrogens (tertiary/aromatic N) is 1. The lowest BCUT2D eigenvalue weighted by molar-refractivity contribution is -0.131. The van der Waals surface area contributed by atoms with Crippen LogP contribution in [0.15, 0.2) is 48.5 Å². The molecule has 2 rings (SSSR count). The highest BCUT2D eigenvalue weighted by molar-refractivity contribution is 5.79. The van der Waals surface area contributed by atoms with Gasteiger partial charge >= 0.3 is 0 Å². The largest absolute Gasteiger partial charge is 0.504 e. The SMILES string of the molecule is NCCN(Cc1ccccc1)C(=O)Cc1ccc(O)c(O)c1. The van der Waals surface area contributed by atoms with Gasteiger partial charge in [-0.3, -0.25) is 4.79 Å². The number of carbonyl (C=O) groups excluding carboxylic acids is 1. The molecule has 2 aromatic carbocycles. The number of nitrogens with two attached hydrogens (primary N) is 1. The van der Waals surface area contributed by atoms with Gasteiger partial charge in [-0.05, 0) is 23.3 Å². The molecular formula is C17H20N2O3. The van der Waals surface area contributed by atoms with Gasteiger partial charge in [0.1, 0.15) is 0 Å². The summed E-state index contributed by atoms with van der Waals surface area (Å²) in [5, 5.41) is 18.8. The second-order valence-electron chi connectivity index (χ2n) is 5.09. The summed E-state index contributed by atoms with van der Waals surface area (Å²) in [5.41, 5.74) is 7.28. The molecule has 5 heteroatoms. The summed E-state index contributed by atoms with van der Waals surface area (Å²) in [4.78, 5) is 14.1. The molecule has 0 spiro atoms. The minimum absolute atomic E-state index is 0.0700. The number of amides is 1. The zero-order chi connectivity index (χ0) is 15.9. The molecule has 0 atom stereocenters. The third-order valence-corrected chi connectivity index (χ3v) is 3.36. The van der Waals surface area contributed by atoms with Crippen LogP contribution in [0.2, 0.25) is 0 Å². The summed E-state index contributed by atoms with van der Waals surface area (Å²) < 4.78 is 0. The number of phenolic OH excluding ortho intramolecular Hbond substituents is 2. The van der Waals surface area contributed by atoms with Gasteiger partial charge in [-0.2, -0.15) is 0 Å². The minimum atomic E-state index is -0.223. The van der Waals surface area contributed by atoms with Gasteiger partial charge in [0.2, 0.25) is 5.91 Å². The first-order valence-electron chi connectivity index (χ1n) is 7.13. The van der Waals surface area contributed by atoms with E-state index in [2.05, 4.69) is 0 Å². The zero-order valence-electron chi connectivity index (χ0n) is 12.3. The summed E-state index contributed by atoms with van der Waals surface area (Å²) in [7, 11) is 0. The van der Waals surface area contributed by atoms with Crippen molar-refractivity contribution >= 4 is 5.91 Å². The summed E-state index contributed by atoms with van der Waals surface area (Å²) in [6.45, 7) is 1.36. The van der Waals surface area contributed by atoms with Crippen LogP contribution in [0.5, 0.6) is 11.5 Å². The van der Waals surface area contributed by atoms with E-state index < -0.39 is 0 Å². The molecule has 0 bridgehead atoms. The fourth-order valence-corrected chi connectivity index (χ4v) is 2.22. The number of hydrogen-bond acceptors (Lipinski definition) is 4. The average molecular weight is 300 g/mol. The molecule has 0 heterocycles. The van der Waals surface area contributed by atoms with Crippen molar-refractivity contribution in [2.45, 2.75) is 13.0 Å². The van der Waals surface area contributed by atoms with Crippen molar-refractivity contribution in [3.8, 4) is 11.5 Å². The fraction of sp³-hybridized carbons (Fsp3) is 0.235. The summed E-state index contributed by atoms with van der Waals surface area (Å²) in [5.74, 6) is -0.488. The van der Waals surface area contributed by atoms with Crippen LogP contribution >= 0.6 is 0 Å². The van der Waals surface area contributed by atoms with E-state index in [0.29, 0.717) is 25.2 Å². The van der Waals surface area contributed by atoms with E-state index in [1.165, 1.54) is 12.1 Å². The molecule has 5 nitrogen and oxygen atoms in total. The maximum Gasteiger partial charge on any atom is 0.227 e. The molecule has 2 aromatic rings. The van der Waals surface area contributed by atoms with Gasteiger partial charge in [0.25, 0.3) is 0 Å². The van der Waals surface area contributed by atoms with E-state index >= 15 is 0 Å². The van der Waals surface area contributed by atoms with Gasteiger partial charge in [-0.15, -0.1) is 0 Å². The second kappa shape index (κ2) is 7.47. The van der Waals surface area contributed by atoms with Gasteiger partial charge in [0, 0.05) is 19.6 Å². The van der Waals surface area contributed by atoms with Crippen molar-refractivity contribution < 1.29 is 15.0 Å². The first kappa shape index (κ1) is 15.9. The number of carbonyl (C=O) groups is 1. The molecule has 1 amide bonds. The Morgan fingerprint density at radius 2 is 1.73 bits per heavy atom. The molecule has 0 unspecified atom stereocenters. The predicted octanol–water partition coefficient (Wildman–Crippen LogP) is 1.63. The highest BCUT2D eigenvalue weighted by atomic mass is 16.3. The molecule has 4 N–H and O–H groups in total.